The highest BCUT2D eigenvalue weighted by molar-refractivity contribution is 5.82. The van der Waals surface area contributed by atoms with Crippen LogP contribution >= 0.6 is 0 Å². The molecule has 0 heterocycles. The Morgan fingerprint density at radius 3 is 2.55 bits per heavy atom. The molecule has 2 aromatic rings. The molecule has 0 saturated heterocycles. The summed E-state index contributed by atoms with van der Waals surface area (Å²) in [6, 6.07) is 12.8. The monoisotopic (exact) mass is 301 g/mol. The summed E-state index contributed by atoms with van der Waals surface area (Å²) in [6.45, 7) is 0.505. The molecule has 0 radical (unpaired) electrons. The van der Waals surface area contributed by atoms with Crippen molar-refractivity contribution in [2.75, 3.05) is 6.54 Å². The minimum Gasteiger partial charge on any atom is -0.356 e. The molecule has 114 valence electrons. The summed E-state index contributed by atoms with van der Waals surface area (Å²) in [4.78, 5) is 12.1. The average molecular weight is 301 g/mol. The van der Waals surface area contributed by atoms with E-state index in [-0.39, 0.29) is 29.4 Å². The van der Waals surface area contributed by atoms with Gasteiger partial charge in [-0.15, -0.1) is 0 Å². The second-order valence-electron chi connectivity index (χ2n) is 5.64. The number of benzene rings is 2. The molecule has 1 amide bonds. The van der Waals surface area contributed by atoms with Crippen molar-refractivity contribution >= 4 is 5.91 Å². The van der Waals surface area contributed by atoms with Crippen LogP contribution in [0.2, 0.25) is 0 Å². The second kappa shape index (κ2) is 6.26. The molecule has 4 heteroatoms. The number of carbonyl (C=O) groups is 1. The molecule has 2 aromatic carbocycles. The first kappa shape index (κ1) is 14.7. The Bertz CT molecular complexity index is 669. The fourth-order valence-corrected chi connectivity index (χ4v) is 2.72. The smallest absolute Gasteiger partial charge is 0.223 e. The van der Waals surface area contributed by atoms with Gasteiger partial charge in [0.15, 0.2) is 0 Å². The van der Waals surface area contributed by atoms with E-state index in [1.165, 1.54) is 18.2 Å². The topological polar surface area (TPSA) is 29.1 Å². The highest BCUT2D eigenvalue weighted by Gasteiger charge is 2.44. The highest BCUT2D eigenvalue weighted by atomic mass is 19.1. The molecular weight excluding hydrogens is 284 g/mol. The maximum Gasteiger partial charge on any atom is 0.223 e. The van der Waals surface area contributed by atoms with Crippen LogP contribution in [-0.2, 0) is 11.2 Å². The Hall–Kier alpha value is -2.23. The standard InChI is InChI=1S/C18H17F2NO/c19-13-7-5-12(6-8-13)9-10-21-18(22)16-11-15(16)14-3-1-2-4-17(14)20/h1-8,15-16H,9-11H2,(H,21,22). The SMILES string of the molecule is O=C(NCCc1ccc(F)cc1)C1CC1c1ccccc1F. The number of halogens is 2. The molecule has 3 rings (SSSR count). The highest BCUT2D eigenvalue weighted by Crippen LogP contribution is 2.48. The van der Waals surface area contributed by atoms with Crippen LogP contribution in [0.15, 0.2) is 48.5 Å². The molecular formula is C18H17F2NO. The van der Waals surface area contributed by atoms with Crippen LogP contribution in [0.3, 0.4) is 0 Å². The number of nitrogens with one attached hydrogen (secondary N) is 1. The third-order valence-electron chi connectivity index (χ3n) is 4.06. The maximum atomic E-state index is 13.7. The van der Waals surface area contributed by atoms with Crippen molar-refractivity contribution in [1.29, 1.82) is 0 Å². The predicted molar refractivity (Wildman–Crippen MR) is 80.4 cm³/mol. The molecule has 2 nitrogen and oxygen atoms in total. The van der Waals surface area contributed by atoms with Crippen molar-refractivity contribution in [1.82, 2.24) is 5.32 Å². The van der Waals surface area contributed by atoms with Crippen LogP contribution in [0, 0.1) is 17.6 Å². The van der Waals surface area contributed by atoms with E-state index in [9.17, 15) is 13.6 Å². The van der Waals surface area contributed by atoms with Crippen molar-refractivity contribution in [3.05, 3.63) is 71.3 Å². The summed E-state index contributed by atoms with van der Waals surface area (Å²) < 4.78 is 26.4. The van der Waals surface area contributed by atoms with Gasteiger partial charge in [-0.1, -0.05) is 30.3 Å². The Kier molecular flexibility index (Phi) is 4.18. The zero-order valence-corrected chi connectivity index (χ0v) is 12.1. The van der Waals surface area contributed by atoms with E-state index in [0.717, 1.165) is 5.56 Å². The number of hydrogen-bond donors (Lipinski definition) is 1. The summed E-state index contributed by atoms with van der Waals surface area (Å²) in [5, 5.41) is 2.87. The molecule has 1 aliphatic rings. The lowest BCUT2D eigenvalue weighted by molar-refractivity contribution is -0.122. The Labute approximate surface area is 128 Å². The van der Waals surface area contributed by atoms with Gasteiger partial charge in [0.2, 0.25) is 5.91 Å². The minimum absolute atomic E-state index is 0.00739. The van der Waals surface area contributed by atoms with Gasteiger partial charge in [-0.2, -0.15) is 0 Å². The second-order valence-corrected chi connectivity index (χ2v) is 5.64. The fourth-order valence-electron chi connectivity index (χ4n) is 2.72. The van der Waals surface area contributed by atoms with Gasteiger partial charge in [0.25, 0.3) is 0 Å². The molecule has 1 fully saturated rings. The molecule has 1 N–H and O–H groups in total. The van der Waals surface area contributed by atoms with Crippen LogP contribution < -0.4 is 5.32 Å². The average Bonchev–Trinajstić information content (AvgIpc) is 3.30. The van der Waals surface area contributed by atoms with E-state index >= 15 is 0 Å². The van der Waals surface area contributed by atoms with Gasteiger partial charge in [0, 0.05) is 12.5 Å². The quantitative estimate of drug-likeness (QED) is 0.900. The molecule has 0 bridgehead atoms. The van der Waals surface area contributed by atoms with Gasteiger partial charge in [-0.25, -0.2) is 8.78 Å². The van der Waals surface area contributed by atoms with E-state index in [1.54, 1.807) is 30.3 Å². The zero-order valence-electron chi connectivity index (χ0n) is 12.1. The molecule has 0 aromatic heterocycles. The maximum absolute atomic E-state index is 13.7. The van der Waals surface area contributed by atoms with Crippen molar-refractivity contribution in [3.63, 3.8) is 0 Å². The van der Waals surface area contributed by atoms with Crippen LogP contribution in [0.4, 0.5) is 8.78 Å². The third kappa shape index (κ3) is 3.32. The van der Waals surface area contributed by atoms with Gasteiger partial charge in [-0.05, 0) is 48.1 Å². The van der Waals surface area contributed by atoms with Crippen molar-refractivity contribution < 1.29 is 13.6 Å². The number of hydrogen-bond acceptors (Lipinski definition) is 1. The first-order chi connectivity index (χ1) is 10.6. The van der Waals surface area contributed by atoms with E-state index in [4.69, 9.17) is 0 Å². The Balaban J connectivity index is 1.48. The first-order valence-corrected chi connectivity index (χ1v) is 7.42. The number of rotatable bonds is 5. The number of carbonyl (C=O) groups excluding carboxylic acids is 1. The summed E-state index contributed by atoms with van der Waals surface area (Å²) in [7, 11) is 0. The molecule has 22 heavy (non-hydrogen) atoms. The molecule has 0 aliphatic heterocycles. The summed E-state index contributed by atoms with van der Waals surface area (Å²) >= 11 is 0. The third-order valence-corrected chi connectivity index (χ3v) is 4.06. The molecule has 0 spiro atoms. The molecule has 2 atom stereocenters. The fraction of sp³-hybridized carbons (Fsp3) is 0.278. The van der Waals surface area contributed by atoms with Crippen LogP contribution in [0.1, 0.15) is 23.5 Å². The lowest BCUT2D eigenvalue weighted by Crippen LogP contribution is -2.27. The normalized spacial score (nSPS) is 19.7. The zero-order chi connectivity index (χ0) is 15.5. The molecule has 2 unspecified atom stereocenters. The summed E-state index contributed by atoms with van der Waals surface area (Å²) in [6.07, 6.45) is 1.35. The van der Waals surface area contributed by atoms with Gasteiger partial charge < -0.3 is 5.32 Å². The van der Waals surface area contributed by atoms with E-state index in [1.807, 2.05) is 0 Å². The van der Waals surface area contributed by atoms with E-state index in [0.29, 0.717) is 24.9 Å². The van der Waals surface area contributed by atoms with E-state index in [2.05, 4.69) is 5.32 Å². The van der Waals surface area contributed by atoms with Crippen molar-refractivity contribution in [3.8, 4) is 0 Å². The van der Waals surface area contributed by atoms with Gasteiger partial charge in [0.1, 0.15) is 11.6 Å². The van der Waals surface area contributed by atoms with Gasteiger partial charge >= 0.3 is 0 Å². The minimum atomic E-state index is -0.265. The van der Waals surface area contributed by atoms with Crippen molar-refractivity contribution in [2.45, 2.75) is 18.8 Å². The van der Waals surface area contributed by atoms with Gasteiger partial charge in [0.05, 0.1) is 0 Å². The van der Waals surface area contributed by atoms with Crippen LogP contribution in [0.5, 0.6) is 0 Å². The Morgan fingerprint density at radius 1 is 1.09 bits per heavy atom. The molecule has 1 saturated carbocycles. The number of amides is 1. The summed E-state index contributed by atoms with van der Waals surface area (Å²) in [5.74, 6) is -0.680. The lowest BCUT2D eigenvalue weighted by atomic mass is 10.1. The Morgan fingerprint density at radius 2 is 1.82 bits per heavy atom. The van der Waals surface area contributed by atoms with Gasteiger partial charge in [-0.3, -0.25) is 4.79 Å². The summed E-state index contributed by atoms with van der Waals surface area (Å²) in [5.41, 5.74) is 1.60. The molecule has 1 aliphatic carbocycles. The van der Waals surface area contributed by atoms with Crippen LogP contribution in [-0.4, -0.2) is 12.5 Å². The predicted octanol–water partition coefficient (Wildman–Crippen LogP) is 3.43. The lowest BCUT2D eigenvalue weighted by Gasteiger charge is -2.06. The van der Waals surface area contributed by atoms with Crippen molar-refractivity contribution in [2.24, 2.45) is 5.92 Å². The first-order valence-electron chi connectivity index (χ1n) is 7.42. The van der Waals surface area contributed by atoms with Crippen LogP contribution in [0.25, 0.3) is 0 Å². The van der Waals surface area contributed by atoms with E-state index < -0.39 is 0 Å². The largest absolute Gasteiger partial charge is 0.356 e.